The SMILES string of the molecule is ONNCCC#Cc1ccc(OCCN2CCN([C@H](c3ccccc3)c3ccc(Cl)cc3)CC2)c(F)c1. The number of hydrogen-bond acceptors (Lipinski definition) is 6. The number of nitrogens with one attached hydrogen (secondary N) is 2. The Morgan fingerprint density at radius 2 is 1.70 bits per heavy atom. The number of nitrogens with zero attached hydrogens (tertiary/aromatic N) is 2. The van der Waals surface area contributed by atoms with Crippen LogP contribution in [0.25, 0.3) is 0 Å². The van der Waals surface area contributed by atoms with Crippen molar-refractivity contribution in [3.05, 3.63) is 100 Å². The van der Waals surface area contributed by atoms with E-state index in [-0.39, 0.29) is 11.8 Å². The van der Waals surface area contributed by atoms with Gasteiger partial charge in [-0.1, -0.05) is 65.9 Å². The molecule has 8 heteroatoms. The maximum absolute atomic E-state index is 14.5. The maximum Gasteiger partial charge on any atom is 0.166 e. The van der Waals surface area contributed by atoms with Gasteiger partial charge in [0.25, 0.3) is 0 Å². The quantitative estimate of drug-likeness (QED) is 0.207. The standard InChI is InChI=1S/C29H32ClFN4O2/c30-26-12-10-25(11-13-26)29(24-7-2-1-3-8-24)35-18-16-34(17-19-35)20-21-37-28-14-9-23(22-27(28)31)6-4-5-15-32-33-36/h1-3,7-14,22,29,32-33,36H,5,15-21H2/t29-/m1/s1. The first kappa shape index (κ1) is 27.1. The second-order valence-electron chi connectivity index (χ2n) is 8.83. The van der Waals surface area contributed by atoms with E-state index in [9.17, 15) is 4.39 Å². The van der Waals surface area contributed by atoms with Crippen LogP contribution in [0.15, 0.2) is 72.8 Å². The lowest BCUT2D eigenvalue weighted by Crippen LogP contribution is -2.48. The van der Waals surface area contributed by atoms with Gasteiger partial charge in [-0.2, -0.15) is 0 Å². The Morgan fingerprint density at radius 3 is 2.41 bits per heavy atom. The fraction of sp³-hybridized carbons (Fsp3) is 0.310. The van der Waals surface area contributed by atoms with Gasteiger partial charge in [-0.25, -0.2) is 9.82 Å². The Morgan fingerprint density at radius 1 is 0.973 bits per heavy atom. The van der Waals surface area contributed by atoms with Gasteiger partial charge in [0.05, 0.1) is 6.04 Å². The molecule has 1 aliphatic rings. The highest BCUT2D eigenvalue weighted by Gasteiger charge is 2.26. The van der Waals surface area contributed by atoms with E-state index < -0.39 is 5.82 Å². The zero-order valence-electron chi connectivity index (χ0n) is 20.7. The molecule has 0 saturated carbocycles. The normalized spacial score (nSPS) is 15.1. The van der Waals surface area contributed by atoms with Gasteiger partial charge in [-0.05, 0) is 41.5 Å². The second kappa shape index (κ2) is 14.1. The molecule has 0 radical (unpaired) electrons. The molecular weight excluding hydrogens is 491 g/mol. The number of hydrazine groups is 1. The van der Waals surface area contributed by atoms with Crippen LogP contribution in [-0.2, 0) is 0 Å². The molecule has 194 valence electrons. The number of halogens is 2. The fourth-order valence-electron chi connectivity index (χ4n) is 4.47. The molecular formula is C29H32ClFN4O2. The first-order valence-corrected chi connectivity index (χ1v) is 12.8. The van der Waals surface area contributed by atoms with E-state index in [4.69, 9.17) is 21.5 Å². The minimum atomic E-state index is -0.416. The molecule has 3 aromatic rings. The van der Waals surface area contributed by atoms with E-state index in [1.165, 1.54) is 17.2 Å². The summed E-state index contributed by atoms with van der Waals surface area (Å²) in [6.07, 6.45) is 0.520. The average molecular weight is 523 g/mol. The molecule has 1 fully saturated rings. The Kier molecular flexibility index (Phi) is 10.3. The molecule has 6 nitrogen and oxygen atoms in total. The Labute approximate surface area is 222 Å². The molecule has 0 aromatic heterocycles. The third kappa shape index (κ3) is 8.01. The van der Waals surface area contributed by atoms with Gasteiger partial charge in [-0.3, -0.25) is 9.80 Å². The van der Waals surface area contributed by atoms with Crippen molar-refractivity contribution in [1.29, 1.82) is 0 Å². The molecule has 3 aromatic carbocycles. The molecule has 37 heavy (non-hydrogen) atoms. The van der Waals surface area contributed by atoms with Crippen molar-refractivity contribution in [2.45, 2.75) is 12.5 Å². The average Bonchev–Trinajstić information content (AvgIpc) is 2.92. The summed E-state index contributed by atoms with van der Waals surface area (Å²) >= 11 is 6.14. The highest BCUT2D eigenvalue weighted by molar-refractivity contribution is 6.30. The predicted octanol–water partition coefficient (Wildman–Crippen LogP) is 4.49. The van der Waals surface area contributed by atoms with E-state index >= 15 is 0 Å². The number of rotatable bonds is 10. The molecule has 1 atom stereocenters. The number of benzene rings is 3. The van der Waals surface area contributed by atoms with Crippen molar-refractivity contribution in [2.24, 2.45) is 0 Å². The lowest BCUT2D eigenvalue weighted by atomic mass is 9.96. The Hall–Kier alpha value is -2.96. The van der Waals surface area contributed by atoms with E-state index in [1.54, 1.807) is 12.1 Å². The molecule has 0 amide bonds. The van der Waals surface area contributed by atoms with Crippen LogP contribution in [0.3, 0.4) is 0 Å². The second-order valence-corrected chi connectivity index (χ2v) is 9.26. The maximum atomic E-state index is 14.5. The van der Waals surface area contributed by atoms with E-state index in [2.05, 4.69) is 63.5 Å². The summed E-state index contributed by atoms with van der Waals surface area (Å²) in [4.78, 5) is 4.86. The van der Waals surface area contributed by atoms with Gasteiger partial charge < -0.3 is 9.94 Å². The molecule has 1 heterocycles. The summed E-state index contributed by atoms with van der Waals surface area (Å²) in [5.74, 6) is 5.64. The highest BCUT2D eigenvalue weighted by Crippen LogP contribution is 2.30. The fourth-order valence-corrected chi connectivity index (χ4v) is 4.59. The van der Waals surface area contributed by atoms with Gasteiger partial charge in [0.15, 0.2) is 11.6 Å². The molecule has 0 bridgehead atoms. The Bertz CT molecular complexity index is 1180. The Balaban J connectivity index is 1.27. The van der Waals surface area contributed by atoms with Gasteiger partial charge in [0.2, 0.25) is 0 Å². The highest BCUT2D eigenvalue weighted by atomic mass is 35.5. The molecule has 4 rings (SSSR count). The van der Waals surface area contributed by atoms with Crippen molar-refractivity contribution >= 4 is 11.6 Å². The molecule has 3 N–H and O–H groups in total. The monoisotopic (exact) mass is 522 g/mol. The van der Waals surface area contributed by atoms with Crippen molar-refractivity contribution in [3.8, 4) is 17.6 Å². The molecule has 0 unspecified atom stereocenters. The van der Waals surface area contributed by atoms with Gasteiger partial charge in [-0.15, -0.1) is 5.59 Å². The lowest BCUT2D eigenvalue weighted by molar-refractivity contribution is 0.0971. The summed E-state index contributed by atoms with van der Waals surface area (Å²) in [6.45, 7) is 5.31. The van der Waals surface area contributed by atoms with Crippen LogP contribution >= 0.6 is 11.6 Å². The van der Waals surface area contributed by atoms with Crippen LogP contribution in [0.1, 0.15) is 29.2 Å². The van der Waals surface area contributed by atoms with Crippen LogP contribution in [0.4, 0.5) is 4.39 Å². The van der Waals surface area contributed by atoms with E-state index in [0.717, 1.165) is 37.7 Å². The van der Waals surface area contributed by atoms with Gasteiger partial charge >= 0.3 is 0 Å². The molecule has 0 aliphatic carbocycles. The summed E-state index contributed by atoms with van der Waals surface area (Å²) in [5, 5.41) is 9.19. The summed E-state index contributed by atoms with van der Waals surface area (Å²) in [6, 6.07) is 23.6. The topological polar surface area (TPSA) is 60.0 Å². The zero-order valence-corrected chi connectivity index (χ0v) is 21.4. The van der Waals surface area contributed by atoms with Crippen LogP contribution in [0, 0.1) is 17.7 Å². The van der Waals surface area contributed by atoms with E-state index in [1.807, 2.05) is 23.8 Å². The van der Waals surface area contributed by atoms with Crippen molar-refractivity contribution < 1.29 is 14.3 Å². The van der Waals surface area contributed by atoms with Crippen molar-refractivity contribution in [2.75, 3.05) is 45.9 Å². The van der Waals surface area contributed by atoms with E-state index in [0.29, 0.717) is 25.1 Å². The minimum absolute atomic E-state index is 0.176. The van der Waals surface area contributed by atoms with Gasteiger partial charge in [0.1, 0.15) is 6.61 Å². The largest absolute Gasteiger partial charge is 0.489 e. The van der Waals surface area contributed by atoms with Crippen molar-refractivity contribution in [3.63, 3.8) is 0 Å². The van der Waals surface area contributed by atoms with Gasteiger partial charge in [0, 0.05) is 56.3 Å². The summed E-state index contributed by atoms with van der Waals surface area (Å²) in [5.41, 5.74) is 7.46. The van der Waals surface area contributed by atoms with Crippen LogP contribution in [-0.4, -0.2) is 60.9 Å². The number of piperazine rings is 1. The predicted molar refractivity (Wildman–Crippen MR) is 144 cm³/mol. The number of hydrogen-bond donors (Lipinski definition) is 3. The molecule has 0 spiro atoms. The smallest absolute Gasteiger partial charge is 0.166 e. The third-order valence-electron chi connectivity index (χ3n) is 6.36. The first-order valence-electron chi connectivity index (χ1n) is 12.4. The third-order valence-corrected chi connectivity index (χ3v) is 6.61. The summed E-state index contributed by atoms with van der Waals surface area (Å²) in [7, 11) is 0. The summed E-state index contributed by atoms with van der Waals surface area (Å²) < 4.78 is 20.2. The van der Waals surface area contributed by atoms with Crippen LogP contribution < -0.4 is 15.8 Å². The number of ether oxygens (including phenoxy) is 1. The minimum Gasteiger partial charge on any atom is -0.489 e. The van der Waals surface area contributed by atoms with Crippen LogP contribution in [0.5, 0.6) is 5.75 Å². The molecule has 1 saturated heterocycles. The molecule has 1 aliphatic heterocycles. The first-order chi connectivity index (χ1) is 18.1. The van der Waals surface area contributed by atoms with Crippen LogP contribution in [0.2, 0.25) is 5.02 Å². The lowest BCUT2D eigenvalue weighted by Gasteiger charge is -2.39. The van der Waals surface area contributed by atoms with Crippen molar-refractivity contribution in [1.82, 2.24) is 20.8 Å². The zero-order chi connectivity index (χ0) is 25.9.